The summed E-state index contributed by atoms with van der Waals surface area (Å²) in [6.07, 6.45) is -0.0735. The van der Waals surface area contributed by atoms with Crippen LogP contribution in [-0.4, -0.2) is 50.5 Å². The van der Waals surface area contributed by atoms with Crippen molar-refractivity contribution in [1.29, 1.82) is 0 Å². The Balaban J connectivity index is 3.34. The number of methoxy groups -OCH3 is 1. The van der Waals surface area contributed by atoms with Crippen molar-refractivity contribution in [2.75, 3.05) is 33.4 Å². The fourth-order valence-corrected chi connectivity index (χ4v) is 1.13. The van der Waals surface area contributed by atoms with Crippen LogP contribution in [0.1, 0.15) is 20.3 Å². The fraction of sp³-hybridized carbons (Fsp3) is 0.909. The average Bonchev–Trinajstić information content (AvgIpc) is 2.22. The van der Waals surface area contributed by atoms with Crippen molar-refractivity contribution in [3.63, 3.8) is 0 Å². The number of ether oxygens (including phenoxy) is 1. The first-order chi connectivity index (χ1) is 7.56. The molecule has 0 aromatic heterocycles. The van der Waals surface area contributed by atoms with Gasteiger partial charge in [0.1, 0.15) is 0 Å². The highest BCUT2D eigenvalue weighted by Crippen LogP contribution is 1.88. The molecule has 0 fully saturated rings. The van der Waals surface area contributed by atoms with Crippen molar-refractivity contribution in [2.24, 2.45) is 5.92 Å². The van der Waals surface area contributed by atoms with Gasteiger partial charge in [-0.05, 0) is 5.92 Å². The summed E-state index contributed by atoms with van der Waals surface area (Å²) < 4.78 is 4.78. The molecule has 16 heavy (non-hydrogen) atoms. The van der Waals surface area contributed by atoms with Crippen LogP contribution in [0.4, 0.5) is 0 Å². The molecule has 0 aromatic rings. The Morgan fingerprint density at radius 2 is 2.06 bits per heavy atom. The van der Waals surface area contributed by atoms with Crippen LogP contribution in [-0.2, 0) is 9.53 Å². The molecule has 1 atom stereocenters. The van der Waals surface area contributed by atoms with Crippen molar-refractivity contribution < 1.29 is 14.6 Å². The Bertz CT molecular complexity index is 186. The third-order valence-electron chi connectivity index (χ3n) is 1.98. The SMILES string of the molecule is COCC(O)CNCCC(=O)NCC(C)C. The van der Waals surface area contributed by atoms with Crippen molar-refractivity contribution in [1.82, 2.24) is 10.6 Å². The molecular weight excluding hydrogens is 208 g/mol. The molecule has 0 saturated heterocycles. The van der Waals surface area contributed by atoms with Crippen LogP contribution in [0.25, 0.3) is 0 Å². The molecule has 5 nitrogen and oxygen atoms in total. The van der Waals surface area contributed by atoms with E-state index in [2.05, 4.69) is 24.5 Å². The third-order valence-corrected chi connectivity index (χ3v) is 1.98. The van der Waals surface area contributed by atoms with Crippen LogP contribution in [0.15, 0.2) is 0 Å². The van der Waals surface area contributed by atoms with E-state index in [-0.39, 0.29) is 5.91 Å². The summed E-state index contributed by atoms with van der Waals surface area (Å²) in [6, 6.07) is 0. The van der Waals surface area contributed by atoms with Crippen LogP contribution in [0.2, 0.25) is 0 Å². The lowest BCUT2D eigenvalue weighted by molar-refractivity contribution is -0.121. The number of aliphatic hydroxyl groups is 1. The Morgan fingerprint density at radius 3 is 2.62 bits per heavy atom. The minimum absolute atomic E-state index is 0.0439. The van der Waals surface area contributed by atoms with Gasteiger partial charge in [0.15, 0.2) is 0 Å². The van der Waals surface area contributed by atoms with E-state index in [1.165, 1.54) is 0 Å². The van der Waals surface area contributed by atoms with Crippen molar-refractivity contribution in [2.45, 2.75) is 26.4 Å². The second-order valence-electron chi connectivity index (χ2n) is 4.26. The van der Waals surface area contributed by atoms with Gasteiger partial charge in [0, 0.05) is 33.2 Å². The monoisotopic (exact) mass is 232 g/mol. The minimum atomic E-state index is -0.510. The molecule has 0 aliphatic carbocycles. The van der Waals surface area contributed by atoms with Gasteiger partial charge >= 0.3 is 0 Å². The van der Waals surface area contributed by atoms with Crippen molar-refractivity contribution >= 4 is 5.91 Å². The number of carbonyl (C=O) groups is 1. The van der Waals surface area contributed by atoms with Crippen LogP contribution in [0, 0.1) is 5.92 Å². The molecule has 0 aromatic carbocycles. The largest absolute Gasteiger partial charge is 0.389 e. The van der Waals surface area contributed by atoms with Gasteiger partial charge in [0.2, 0.25) is 5.91 Å². The zero-order chi connectivity index (χ0) is 12.4. The van der Waals surface area contributed by atoms with Gasteiger partial charge in [-0.3, -0.25) is 4.79 Å². The highest BCUT2D eigenvalue weighted by molar-refractivity contribution is 5.76. The number of nitrogens with one attached hydrogen (secondary N) is 2. The average molecular weight is 232 g/mol. The minimum Gasteiger partial charge on any atom is -0.389 e. The molecule has 0 bridgehead atoms. The smallest absolute Gasteiger partial charge is 0.221 e. The van der Waals surface area contributed by atoms with Crippen molar-refractivity contribution in [3.05, 3.63) is 0 Å². The number of aliphatic hydroxyl groups excluding tert-OH is 1. The van der Waals surface area contributed by atoms with E-state index in [1.807, 2.05) is 0 Å². The summed E-state index contributed by atoms with van der Waals surface area (Å²) in [7, 11) is 1.54. The Kier molecular flexibility index (Phi) is 9.18. The number of hydrogen-bond acceptors (Lipinski definition) is 4. The molecule has 0 saturated carbocycles. The zero-order valence-electron chi connectivity index (χ0n) is 10.5. The molecule has 0 aliphatic rings. The predicted molar refractivity (Wildman–Crippen MR) is 63.2 cm³/mol. The van der Waals surface area contributed by atoms with Crippen LogP contribution < -0.4 is 10.6 Å². The van der Waals surface area contributed by atoms with E-state index in [9.17, 15) is 9.90 Å². The summed E-state index contributed by atoms with van der Waals surface area (Å²) in [5.41, 5.74) is 0. The van der Waals surface area contributed by atoms with Gasteiger partial charge in [-0.25, -0.2) is 0 Å². The lowest BCUT2D eigenvalue weighted by Gasteiger charge is -2.11. The second kappa shape index (κ2) is 9.57. The summed E-state index contributed by atoms with van der Waals surface area (Å²) in [6.45, 7) is 6.16. The number of rotatable bonds is 9. The van der Waals surface area contributed by atoms with Gasteiger partial charge in [0.05, 0.1) is 12.7 Å². The normalized spacial score (nSPS) is 12.8. The van der Waals surface area contributed by atoms with E-state index in [1.54, 1.807) is 7.11 Å². The van der Waals surface area contributed by atoms with E-state index in [0.29, 0.717) is 38.6 Å². The van der Waals surface area contributed by atoms with Gasteiger partial charge < -0.3 is 20.5 Å². The fourth-order valence-electron chi connectivity index (χ4n) is 1.13. The topological polar surface area (TPSA) is 70.6 Å². The standard InChI is InChI=1S/C11H24N2O3/c1-9(2)6-13-11(15)4-5-12-7-10(14)8-16-3/h9-10,12,14H,4-8H2,1-3H3,(H,13,15). The Hall–Kier alpha value is -0.650. The first kappa shape index (κ1) is 15.3. The number of hydrogen-bond donors (Lipinski definition) is 3. The Labute approximate surface area is 97.6 Å². The molecule has 96 valence electrons. The third kappa shape index (κ3) is 9.89. The molecule has 0 aliphatic heterocycles. The lowest BCUT2D eigenvalue weighted by Crippen LogP contribution is -2.34. The molecule has 1 amide bonds. The molecule has 5 heteroatoms. The molecule has 1 unspecified atom stereocenters. The van der Waals surface area contributed by atoms with Crippen LogP contribution in [0.5, 0.6) is 0 Å². The maximum Gasteiger partial charge on any atom is 0.221 e. The maximum absolute atomic E-state index is 11.3. The van der Waals surface area contributed by atoms with E-state index in [0.717, 1.165) is 0 Å². The first-order valence-electron chi connectivity index (χ1n) is 5.70. The lowest BCUT2D eigenvalue weighted by atomic mass is 10.2. The van der Waals surface area contributed by atoms with Crippen LogP contribution in [0.3, 0.4) is 0 Å². The molecule has 0 rings (SSSR count). The van der Waals surface area contributed by atoms with Crippen LogP contribution >= 0.6 is 0 Å². The van der Waals surface area contributed by atoms with Gasteiger partial charge in [-0.2, -0.15) is 0 Å². The first-order valence-corrected chi connectivity index (χ1v) is 5.70. The summed E-state index contributed by atoms with van der Waals surface area (Å²) in [4.78, 5) is 11.3. The predicted octanol–water partition coefficient (Wildman–Crippen LogP) is -0.254. The number of amides is 1. The molecular formula is C11H24N2O3. The highest BCUT2D eigenvalue weighted by atomic mass is 16.5. The maximum atomic E-state index is 11.3. The quantitative estimate of drug-likeness (QED) is 0.479. The molecule has 3 N–H and O–H groups in total. The summed E-state index contributed by atoms with van der Waals surface area (Å²) in [5, 5.41) is 15.1. The van der Waals surface area contributed by atoms with Gasteiger partial charge in [0.25, 0.3) is 0 Å². The Morgan fingerprint density at radius 1 is 1.38 bits per heavy atom. The molecule has 0 heterocycles. The summed E-state index contributed by atoms with van der Waals surface area (Å²) >= 11 is 0. The van der Waals surface area contributed by atoms with Crippen molar-refractivity contribution in [3.8, 4) is 0 Å². The highest BCUT2D eigenvalue weighted by Gasteiger charge is 2.04. The summed E-state index contributed by atoms with van der Waals surface area (Å²) in [5.74, 6) is 0.517. The van der Waals surface area contributed by atoms with E-state index >= 15 is 0 Å². The number of carbonyl (C=O) groups excluding carboxylic acids is 1. The van der Waals surface area contributed by atoms with Gasteiger partial charge in [-0.15, -0.1) is 0 Å². The van der Waals surface area contributed by atoms with E-state index in [4.69, 9.17) is 4.74 Å². The zero-order valence-corrected chi connectivity index (χ0v) is 10.5. The van der Waals surface area contributed by atoms with Gasteiger partial charge in [-0.1, -0.05) is 13.8 Å². The van der Waals surface area contributed by atoms with E-state index < -0.39 is 6.10 Å². The molecule has 0 spiro atoms. The second-order valence-corrected chi connectivity index (χ2v) is 4.26. The molecule has 0 radical (unpaired) electrons.